The first kappa shape index (κ1) is 14.7. The second-order valence-electron chi connectivity index (χ2n) is 5.77. The molecule has 6 heteroatoms. The van der Waals surface area contributed by atoms with Gasteiger partial charge >= 0.3 is 0 Å². The fraction of sp³-hybridized carbons (Fsp3) is 0.500. The Hall–Kier alpha value is -2.24. The van der Waals surface area contributed by atoms with Crippen LogP contribution in [0, 0.1) is 19.8 Å². The summed E-state index contributed by atoms with van der Waals surface area (Å²) in [5.74, 6) is 2.14. The van der Waals surface area contributed by atoms with Crippen LogP contribution >= 0.6 is 0 Å². The monoisotopic (exact) mass is 299 g/mol. The number of aromatic nitrogens is 4. The summed E-state index contributed by atoms with van der Waals surface area (Å²) in [4.78, 5) is 11.0. The highest BCUT2D eigenvalue weighted by Gasteiger charge is 2.21. The average molecular weight is 299 g/mol. The van der Waals surface area contributed by atoms with Gasteiger partial charge in [0.05, 0.1) is 24.2 Å². The largest absolute Gasteiger partial charge is 0.476 e. The van der Waals surface area contributed by atoms with Crippen LogP contribution in [0.25, 0.3) is 0 Å². The van der Waals surface area contributed by atoms with Crippen molar-refractivity contribution in [3.63, 3.8) is 0 Å². The Kier molecular flexibility index (Phi) is 4.46. The molecule has 0 spiro atoms. The fourth-order valence-corrected chi connectivity index (χ4v) is 2.60. The number of ether oxygens (including phenoxy) is 1. The van der Waals surface area contributed by atoms with Crippen molar-refractivity contribution in [2.45, 2.75) is 26.7 Å². The van der Waals surface area contributed by atoms with E-state index in [1.165, 1.54) is 0 Å². The standard InChI is InChI=1S/C16H21N5O/c1-12-3-4-16(20-19-12)22-11-14-5-7-21(8-6-14)15-10-17-9-13(2)18-15/h3-4,9-10,14H,5-8,11H2,1-2H3. The molecule has 0 aromatic carbocycles. The van der Waals surface area contributed by atoms with Gasteiger partial charge in [-0.2, -0.15) is 5.10 Å². The molecule has 0 aliphatic carbocycles. The molecule has 1 fully saturated rings. The first-order chi connectivity index (χ1) is 10.7. The molecule has 2 aromatic rings. The van der Waals surface area contributed by atoms with Crippen molar-refractivity contribution < 1.29 is 4.74 Å². The number of hydrogen-bond donors (Lipinski definition) is 0. The van der Waals surface area contributed by atoms with Crippen molar-refractivity contribution in [2.24, 2.45) is 5.92 Å². The molecule has 0 N–H and O–H groups in total. The molecular formula is C16H21N5O. The van der Waals surface area contributed by atoms with E-state index in [-0.39, 0.29) is 0 Å². The quantitative estimate of drug-likeness (QED) is 0.862. The van der Waals surface area contributed by atoms with Crippen molar-refractivity contribution in [2.75, 3.05) is 24.6 Å². The van der Waals surface area contributed by atoms with Crippen LogP contribution in [-0.4, -0.2) is 39.9 Å². The summed E-state index contributed by atoms with van der Waals surface area (Å²) in [7, 11) is 0. The zero-order chi connectivity index (χ0) is 15.4. The maximum atomic E-state index is 5.74. The van der Waals surface area contributed by atoms with Gasteiger partial charge in [0.25, 0.3) is 0 Å². The zero-order valence-electron chi connectivity index (χ0n) is 13.1. The molecule has 6 nitrogen and oxygen atoms in total. The molecule has 3 heterocycles. The lowest BCUT2D eigenvalue weighted by atomic mass is 9.98. The molecule has 0 saturated carbocycles. The van der Waals surface area contributed by atoms with Gasteiger partial charge in [-0.3, -0.25) is 4.98 Å². The van der Waals surface area contributed by atoms with E-state index < -0.39 is 0 Å². The lowest BCUT2D eigenvalue weighted by Crippen LogP contribution is -2.36. The third kappa shape index (κ3) is 3.69. The highest BCUT2D eigenvalue weighted by molar-refractivity contribution is 5.36. The Morgan fingerprint density at radius 3 is 2.59 bits per heavy atom. The van der Waals surface area contributed by atoms with Gasteiger partial charge in [0.1, 0.15) is 5.82 Å². The number of aryl methyl sites for hydroxylation is 2. The van der Waals surface area contributed by atoms with Crippen LogP contribution in [0.5, 0.6) is 5.88 Å². The van der Waals surface area contributed by atoms with Gasteiger partial charge in [-0.1, -0.05) is 0 Å². The van der Waals surface area contributed by atoms with E-state index in [0.29, 0.717) is 18.4 Å². The Morgan fingerprint density at radius 1 is 1.09 bits per heavy atom. The molecule has 0 amide bonds. The van der Waals surface area contributed by atoms with Crippen LogP contribution in [0.3, 0.4) is 0 Å². The summed E-state index contributed by atoms with van der Waals surface area (Å²) < 4.78 is 5.74. The van der Waals surface area contributed by atoms with Crippen LogP contribution in [0.15, 0.2) is 24.5 Å². The Morgan fingerprint density at radius 2 is 1.91 bits per heavy atom. The number of nitrogens with zero attached hydrogens (tertiary/aromatic N) is 5. The van der Waals surface area contributed by atoms with E-state index in [1.807, 2.05) is 32.2 Å². The molecule has 0 atom stereocenters. The zero-order valence-corrected chi connectivity index (χ0v) is 13.1. The van der Waals surface area contributed by atoms with Crippen molar-refractivity contribution in [3.05, 3.63) is 35.9 Å². The molecule has 0 radical (unpaired) electrons. The van der Waals surface area contributed by atoms with Gasteiger partial charge in [0.2, 0.25) is 5.88 Å². The topological polar surface area (TPSA) is 64.0 Å². The predicted octanol–water partition coefficient (Wildman–Crippen LogP) is 2.18. The molecule has 1 aliphatic rings. The Bertz CT molecular complexity index is 608. The van der Waals surface area contributed by atoms with Crippen LogP contribution in [-0.2, 0) is 0 Å². The van der Waals surface area contributed by atoms with E-state index in [1.54, 1.807) is 6.20 Å². The van der Waals surface area contributed by atoms with E-state index in [4.69, 9.17) is 4.74 Å². The number of hydrogen-bond acceptors (Lipinski definition) is 6. The van der Waals surface area contributed by atoms with Gasteiger partial charge in [0.15, 0.2) is 0 Å². The maximum absolute atomic E-state index is 5.74. The van der Waals surface area contributed by atoms with Crippen molar-refractivity contribution in [3.8, 4) is 5.88 Å². The lowest BCUT2D eigenvalue weighted by Gasteiger charge is -2.32. The third-order valence-electron chi connectivity index (χ3n) is 3.92. The van der Waals surface area contributed by atoms with Gasteiger partial charge in [-0.25, -0.2) is 4.98 Å². The third-order valence-corrected chi connectivity index (χ3v) is 3.92. The summed E-state index contributed by atoms with van der Waals surface area (Å²) >= 11 is 0. The summed E-state index contributed by atoms with van der Waals surface area (Å²) in [6.45, 7) is 6.57. The minimum Gasteiger partial charge on any atom is -0.476 e. The van der Waals surface area contributed by atoms with Crippen molar-refractivity contribution in [1.29, 1.82) is 0 Å². The molecule has 0 unspecified atom stereocenters. The van der Waals surface area contributed by atoms with Crippen LogP contribution in [0.1, 0.15) is 24.2 Å². The summed E-state index contributed by atoms with van der Waals surface area (Å²) in [6, 6.07) is 3.79. The minimum atomic E-state index is 0.553. The number of rotatable bonds is 4. The van der Waals surface area contributed by atoms with Crippen LogP contribution in [0.2, 0.25) is 0 Å². The average Bonchev–Trinajstić information content (AvgIpc) is 2.55. The van der Waals surface area contributed by atoms with Crippen LogP contribution in [0.4, 0.5) is 5.82 Å². The smallest absolute Gasteiger partial charge is 0.233 e. The van der Waals surface area contributed by atoms with Crippen molar-refractivity contribution >= 4 is 5.82 Å². The summed E-state index contributed by atoms with van der Waals surface area (Å²) in [5.41, 5.74) is 1.86. The van der Waals surface area contributed by atoms with E-state index in [0.717, 1.165) is 43.1 Å². The molecule has 3 rings (SSSR count). The Balaban J connectivity index is 1.48. The van der Waals surface area contributed by atoms with Gasteiger partial charge in [-0.15, -0.1) is 5.10 Å². The van der Waals surface area contributed by atoms with Gasteiger partial charge < -0.3 is 9.64 Å². The number of anilines is 1. The predicted molar refractivity (Wildman–Crippen MR) is 84.0 cm³/mol. The molecule has 116 valence electrons. The molecule has 0 bridgehead atoms. The molecule has 2 aromatic heterocycles. The summed E-state index contributed by atoms with van der Waals surface area (Å²) in [6.07, 6.45) is 5.81. The highest BCUT2D eigenvalue weighted by atomic mass is 16.5. The number of piperidine rings is 1. The first-order valence-corrected chi connectivity index (χ1v) is 7.67. The second-order valence-corrected chi connectivity index (χ2v) is 5.77. The van der Waals surface area contributed by atoms with Crippen molar-refractivity contribution in [1.82, 2.24) is 20.2 Å². The molecular weight excluding hydrogens is 278 g/mol. The Labute approximate surface area is 130 Å². The van der Waals surface area contributed by atoms with E-state index >= 15 is 0 Å². The highest BCUT2D eigenvalue weighted by Crippen LogP contribution is 2.22. The first-order valence-electron chi connectivity index (χ1n) is 7.67. The minimum absolute atomic E-state index is 0.553. The van der Waals surface area contributed by atoms with Crippen LogP contribution < -0.4 is 9.64 Å². The lowest BCUT2D eigenvalue weighted by molar-refractivity contribution is 0.214. The van der Waals surface area contributed by atoms with E-state index in [9.17, 15) is 0 Å². The normalized spacial score (nSPS) is 15.8. The SMILES string of the molecule is Cc1ccc(OCC2CCN(c3cncc(C)n3)CC2)nn1. The van der Waals surface area contributed by atoms with E-state index in [2.05, 4.69) is 25.1 Å². The molecule has 1 saturated heterocycles. The fourth-order valence-electron chi connectivity index (χ4n) is 2.60. The maximum Gasteiger partial charge on any atom is 0.233 e. The molecule has 1 aliphatic heterocycles. The second kappa shape index (κ2) is 6.68. The summed E-state index contributed by atoms with van der Waals surface area (Å²) in [5, 5.41) is 8.04. The molecule has 22 heavy (non-hydrogen) atoms. The van der Waals surface area contributed by atoms with Gasteiger partial charge in [0, 0.05) is 25.4 Å². The van der Waals surface area contributed by atoms with Gasteiger partial charge in [-0.05, 0) is 38.7 Å².